The van der Waals surface area contributed by atoms with Crippen molar-refractivity contribution >= 4 is 29.1 Å². The highest BCUT2D eigenvalue weighted by molar-refractivity contribution is 6.05. The molecule has 3 heterocycles. The fourth-order valence-electron chi connectivity index (χ4n) is 4.40. The van der Waals surface area contributed by atoms with Gasteiger partial charge in [-0.15, -0.1) is 0 Å². The summed E-state index contributed by atoms with van der Waals surface area (Å²) in [7, 11) is 0. The number of hydrogen-bond donors (Lipinski definition) is 3. The minimum atomic E-state index is -0.304. The molecule has 0 radical (unpaired) electrons. The van der Waals surface area contributed by atoms with Crippen molar-refractivity contribution in [3.8, 4) is 6.07 Å². The van der Waals surface area contributed by atoms with Crippen LogP contribution in [0.5, 0.6) is 0 Å². The maximum Gasteiger partial charge on any atom is 0.271 e. The van der Waals surface area contributed by atoms with E-state index < -0.39 is 0 Å². The number of carbonyl (C=O) groups excluding carboxylic acids is 3. The fourth-order valence-corrected chi connectivity index (χ4v) is 4.40. The SMILES string of the molecule is CC1CCN(c2cc(C3CC(=O)NC(=O)C3)ccc2NC(=O)C2=CC(C#N)CN2)CC1. The van der Waals surface area contributed by atoms with Crippen LogP contribution >= 0.6 is 0 Å². The summed E-state index contributed by atoms with van der Waals surface area (Å²) in [6.45, 7) is 4.45. The molecule has 0 saturated carbocycles. The standard InChI is InChI=1S/C23H27N5O3/c1-14-4-6-28(7-5-14)20-9-16(17-10-21(29)27-22(30)11-17)2-3-18(20)26-23(31)19-8-15(12-24)13-25-19/h2-3,8-9,14-15,17,25H,4-7,10-11,13H2,1H3,(H,26,31)(H,27,29,30). The van der Waals surface area contributed by atoms with Crippen LogP contribution in [0.1, 0.15) is 44.1 Å². The van der Waals surface area contributed by atoms with Crippen LogP contribution in [-0.4, -0.2) is 37.4 Å². The van der Waals surface area contributed by atoms with Crippen molar-refractivity contribution in [2.45, 2.75) is 38.5 Å². The molecule has 0 aromatic heterocycles. The van der Waals surface area contributed by atoms with Gasteiger partial charge >= 0.3 is 0 Å². The number of anilines is 2. The van der Waals surface area contributed by atoms with Crippen LogP contribution in [0.3, 0.4) is 0 Å². The van der Waals surface area contributed by atoms with Gasteiger partial charge in [-0.2, -0.15) is 5.26 Å². The summed E-state index contributed by atoms with van der Waals surface area (Å²) in [4.78, 5) is 38.7. The Morgan fingerprint density at radius 3 is 2.55 bits per heavy atom. The highest BCUT2D eigenvalue weighted by atomic mass is 16.2. The van der Waals surface area contributed by atoms with Gasteiger partial charge in [0.25, 0.3) is 5.91 Å². The number of benzene rings is 1. The van der Waals surface area contributed by atoms with Crippen LogP contribution in [0, 0.1) is 23.2 Å². The molecular weight excluding hydrogens is 394 g/mol. The Morgan fingerprint density at radius 1 is 1.19 bits per heavy atom. The van der Waals surface area contributed by atoms with Gasteiger partial charge in [0.2, 0.25) is 11.8 Å². The molecule has 31 heavy (non-hydrogen) atoms. The molecule has 1 atom stereocenters. The summed E-state index contributed by atoms with van der Waals surface area (Å²) in [6.07, 6.45) is 4.34. The van der Waals surface area contributed by atoms with Gasteiger partial charge in [-0.05, 0) is 42.5 Å². The molecule has 2 saturated heterocycles. The predicted molar refractivity (Wildman–Crippen MR) is 116 cm³/mol. The summed E-state index contributed by atoms with van der Waals surface area (Å²) in [6, 6.07) is 7.90. The largest absolute Gasteiger partial charge is 0.379 e. The van der Waals surface area contributed by atoms with Crippen LogP contribution in [0.2, 0.25) is 0 Å². The van der Waals surface area contributed by atoms with E-state index in [2.05, 4.69) is 33.8 Å². The molecule has 162 valence electrons. The summed E-state index contributed by atoms with van der Waals surface area (Å²) >= 11 is 0. The molecule has 2 fully saturated rings. The third kappa shape index (κ3) is 4.71. The number of piperidine rings is 2. The maximum absolute atomic E-state index is 12.8. The molecule has 4 rings (SSSR count). The Kier molecular flexibility index (Phi) is 5.94. The third-order valence-electron chi connectivity index (χ3n) is 6.30. The Bertz CT molecular complexity index is 956. The normalized spacial score (nSPS) is 22.4. The minimum absolute atomic E-state index is 0.163. The molecule has 8 nitrogen and oxygen atoms in total. The Labute approximate surface area is 181 Å². The zero-order valence-corrected chi connectivity index (χ0v) is 17.6. The van der Waals surface area contributed by atoms with E-state index in [4.69, 9.17) is 5.26 Å². The van der Waals surface area contributed by atoms with E-state index in [0.717, 1.165) is 37.2 Å². The van der Waals surface area contributed by atoms with Crippen molar-refractivity contribution in [3.63, 3.8) is 0 Å². The summed E-state index contributed by atoms with van der Waals surface area (Å²) in [5.41, 5.74) is 2.94. The van der Waals surface area contributed by atoms with E-state index in [1.807, 2.05) is 18.2 Å². The van der Waals surface area contributed by atoms with E-state index in [0.29, 0.717) is 23.8 Å². The van der Waals surface area contributed by atoms with Crippen molar-refractivity contribution in [2.24, 2.45) is 11.8 Å². The molecular formula is C23H27N5O3. The molecule has 3 aliphatic heterocycles. The number of nitriles is 1. The second kappa shape index (κ2) is 8.80. The summed E-state index contributed by atoms with van der Waals surface area (Å²) < 4.78 is 0. The van der Waals surface area contributed by atoms with Crippen LogP contribution in [-0.2, 0) is 14.4 Å². The second-order valence-corrected chi connectivity index (χ2v) is 8.67. The molecule has 0 bridgehead atoms. The van der Waals surface area contributed by atoms with Gasteiger partial charge in [-0.3, -0.25) is 19.7 Å². The van der Waals surface area contributed by atoms with Crippen molar-refractivity contribution in [1.82, 2.24) is 10.6 Å². The summed E-state index contributed by atoms with van der Waals surface area (Å²) in [5, 5.41) is 17.4. The summed E-state index contributed by atoms with van der Waals surface area (Å²) in [5.74, 6) is -0.584. The number of carbonyl (C=O) groups is 3. The molecule has 3 amide bonds. The minimum Gasteiger partial charge on any atom is -0.379 e. The zero-order chi connectivity index (χ0) is 22.0. The molecule has 8 heteroatoms. The molecule has 1 aromatic carbocycles. The lowest BCUT2D eigenvalue weighted by molar-refractivity contribution is -0.133. The van der Waals surface area contributed by atoms with Crippen LogP contribution in [0.4, 0.5) is 11.4 Å². The molecule has 1 unspecified atom stereocenters. The van der Waals surface area contributed by atoms with E-state index >= 15 is 0 Å². The first-order chi connectivity index (χ1) is 14.9. The average molecular weight is 422 g/mol. The lowest BCUT2D eigenvalue weighted by atomic mass is 9.88. The first-order valence-corrected chi connectivity index (χ1v) is 10.8. The van der Waals surface area contributed by atoms with Gasteiger partial charge in [-0.25, -0.2) is 0 Å². The van der Waals surface area contributed by atoms with Crippen molar-refractivity contribution in [1.29, 1.82) is 5.26 Å². The molecule has 1 aromatic rings. The highest BCUT2D eigenvalue weighted by Gasteiger charge is 2.28. The van der Waals surface area contributed by atoms with Crippen LogP contribution < -0.4 is 20.9 Å². The number of nitrogens with one attached hydrogen (secondary N) is 3. The first kappa shape index (κ1) is 20.9. The van der Waals surface area contributed by atoms with Crippen molar-refractivity contribution in [3.05, 3.63) is 35.5 Å². The van der Waals surface area contributed by atoms with E-state index in [1.165, 1.54) is 0 Å². The Morgan fingerprint density at radius 2 is 1.90 bits per heavy atom. The van der Waals surface area contributed by atoms with Gasteiger partial charge in [0.15, 0.2) is 0 Å². The maximum atomic E-state index is 12.8. The Balaban J connectivity index is 1.61. The van der Waals surface area contributed by atoms with Gasteiger partial charge in [0.1, 0.15) is 0 Å². The number of rotatable bonds is 4. The van der Waals surface area contributed by atoms with E-state index in [-0.39, 0.29) is 42.4 Å². The fraction of sp³-hybridized carbons (Fsp3) is 0.478. The van der Waals surface area contributed by atoms with E-state index in [1.54, 1.807) is 6.08 Å². The van der Waals surface area contributed by atoms with Crippen molar-refractivity contribution < 1.29 is 14.4 Å². The van der Waals surface area contributed by atoms with Crippen LogP contribution in [0.15, 0.2) is 30.0 Å². The number of nitrogens with zero attached hydrogens (tertiary/aromatic N) is 2. The van der Waals surface area contributed by atoms with Gasteiger partial charge in [0, 0.05) is 38.4 Å². The first-order valence-electron chi connectivity index (χ1n) is 10.8. The second-order valence-electron chi connectivity index (χ2n) is 8.67. The molecule has 3 aliphatic rings. The topological polar surface area (TPSA) is 114 Å². The van der Waals surface area contributed by atoms with Gasteiger partial charge in [-0.1, -0.05) is 13.0 Å². The smallest absolute Gasteiger partial charge is 0.271 e. The van der Waals surface area contributed by atoms with Crippen LogP contribution in [0.25, 0.3) is 0 Å². The Hall–Kier alpha value is -3.34. The number of hydrogen-bond acceptors (Lipinski definition) is 6. The monoisotopic (exact) mass is 421 g/mol. The average Bonchev–Trinajstić information content (AvgIpc) is 3.23. The highest BCUT2D eigenvalue weighted by Crippen LogP contribution is 2.36. The molecule has 0 spiro atoms. The number of amides is 3. The van der Waals surface area contributed by atoms with Gasteiger partial charge < -0.3 is 15.5 Å². The van der Waals surface area contributed by atoms with Crippen molar-refractivity contribution in [2.75, 3.05) is 29.9 Å². The van der Waals surface area contributed by atoms with E-state index in [9.17, 15) is 14.4 Å². The lowest BCUT2D eigenvalue weighted by Crippen LogP contribution is -2.38. The molecule has 0 aliphatic carbocycles. The lowest BCUT2D eigenvalue weighted by Gasteiger charge is -2.34. The predicted octanol–water partition coefficient (Wildman–Crippen LogP) is 2.01. The number of imide groups is 1. The van der Waals surface area contributed by atoms with Gasteiger partial charge in [0.05, 0.1) is 29.1 Å². The zero-order valence-electron chi connectivity index (χ0n) is 17.6. The molecule has 3 N–H and O–H groups in total. The third-order valence-corrected chi connectivity index (χ3v) is 6.30. The quantitative estimate of drug-likeness (QED) is 0.641.